The predicted molar refractivity (Wildman–Crippen MR) is 132 cm³/mol. The van der Waals surface area contributed by atoms with E-state index < -0.39 is 23.6 Å². The molecular formula is C30H48O5. The quantitative estimate of drug-likeness (QED) is 0.500. The number of fused-ring (bicyclic) bond motifs is 4. The molecule has 7 aliphatic rings. The van der Waals surface area contributed by atoms with Crippen molar-refractivity contribution < 1.29 is 24.8 Å². The number of aliphatic hydroxyl groups excluding tert-OH is 2. The van der Waals surface area contributed by atoms with Crippen molar-refractivity contribution in [2.45, 2.75) is 136 Å². The van der Waals surface area contributed by atoms with Gasteiger partial charge in [0.05, 0.1) is 17.8 Å². The highest BCUT2D eigenvalue weighted by molar-refractivity contribution is 5.34. The van der Waals surface area contributed by atoms with Crippen molar-refractivity contribution in [2.24, 2.45) is 50.7 Å². The summed E-state index contributed by atoms with van der Waals surface area (Å²) >= 11 is 0. The molecule has 13 atom stereocenters. The lowest BCUT2D eigenvalue weighted by molar-refractivity contribution is -0.282. The summed E-state index contributed by atoms with van der Waals surface area (Å²) in [6.07, 6.45) is 7.36. The summed E-state index contributed by atoms with van der Waals surface area (Å²) < 4.78 is 13.6. The molecule has 198 valence electrons. The number of hydrogen-bond acceptors (Lipinski definition) is 5. The predicted octanol–water partition coefficient (Wildman–Crippen LogP) is 4.66. The highest BCUT2D eigenvalue weighted by Crippen LogP contribution is 2.90. The maximum atomic E-state index is 12.5. The topological polar surface area (TPSA) is 79.2 Å². The van der Waals surface area contributed by atoms with Crippen molar-refractivity contribution >= 4 is 0 Å². The van der Waals surface area contributed by atoms with Crippen LogP contribution in [0, 0.1) is 50.7 Å². The van der Waals surface area contributed by atoms with E-state index in [1.807, 2.05) is 13.8 Å². The van der Waals surface area contributed by atoms with Gasteiger partial charge in [0.2, 0.25) is 0 Å². The van der Waals surface area contributed by atoms with Crippen molar-refractivity contribution in [2.75, 3.05) is 0 Å². The molecule has 0 aromatic carbocycles. The Morgan fingerprint density at radius 3 is 2.20 bits per heavy atom. The van der Waals surface area contributed by atoms with Crippen LogP contribution in [0.3, 0.4) is 0 Å². The van der Waals surface area contributed by atoms with Crippen molar-refractivity contribution in [3.05, 3.63) is 0 Å². The number of hydrogen-bond donors (Lipinski definition) is 3. The van der Waals surface area contributed by atoms with E-state index in [0.717, 1.165) is 38.5 Å². The molecule has 2 saturated heterocycles. The van der Waals surface area contributed by atoms with Crippen LogP contribution in [-0.2, 0) is 9.47 Å². The Morgan fingerprint density at radius 2 is 1.51 bits per heavy atom. The summed E-state index contributed by atoms with van der Waals surface area (Å²) in [5.41, 5.74) is -0.788. The van der Waals surface area contributed by atoms with Crippen LogP contribution < -0.4 is 0 Å². The second-order valence-corrected chi connectivity index (χ2v) is 15.9. The van der Waals surface area contributed by atoms with Crippen molar-refractivity contribution in [1.82, 2.24) is 0 Å². The van der Waals surface area contributed by atoms with Gasteiger partial charge in [-0.05, 0) is 105 Å². The van der Waals surface area contributed by atoms with Gasteiger partial charge in [-0.15, -0.1) is 0 Å². The lowest BCUT2D eigenvalue weighted by Crippen LogP contribution is -2.60. The SMILES string of the molecule is C[C@@H]1C[C@@H]2O[C@@]3(OC2C(C)(C)O)[C@H](O)[C@@]2(C)[C@@H]4CC[C@H]5C(C)(C)[C@@H](O)CC[C@@]56C[C@@]46CC[C@]2(C)[C@@H]13. The molecule has 7 fully saturated rings. The van der Waals surface area contributed by atoms with E-state index in [1.165, 1.54) is 12.8 Å². The Morgan fingerprint density at radius 1 is 0.857 bits per heavy atom. The van der Waals surface area contributed by atoms with Crippen LogP contribution in [0.15, 0.2) is 0 Å². The van der Waals surface area contributed by atoms with Gasteiger partial charge in [-0.1, -0.05) is 34.6 Å². The van der Waals surface area contributed by atoms with Crippen LogP contribution >= 0.6 is 0 Å². The van der Waals surface area contributed by atoms with Crippen molar-refractivity contribution in [1.29, 1.82) is 0 Å². The molecule has 3 N–H and O–H groups in total. The van der Waals surface area contributed by atoms with Gasteiger partial charge in [0.15, 0.2) is 5.79 Å². The molecule has 1 unspecified atom stereocenters. The van der Waals surface area contributed by atoms with Crippen LogP contribution in [-0.4, -0.2) is 51.1 Å². The first kappa shape index (κ1) is 23.9. The summed E-state index contributed by atoms with van der Waals surface area (Å²) in [6, 6.07) is 0. The molecule has 5 heteroatoms. The maximum absolute atomic E-state index is 12.5. The summed E-state index contributed by atoms with van der Waals surface area (Å²) in [5.74, 6) is 0.523. The van der Waals surface area contributed by atoms with E-state index in [-0.39, 0.29) is 39.8 Å². The van der Waals surface area contributed by atoms with Gasteiger partial charge in [-0.2, -0.15) is 0 Å². The molecule has 2 bridgehead atoms. The fourth-order valence-corrected chi connectivity index (χ4v) is 12.7. The minimum Gasteiger partial charge on any atom is -0.393 e. The largest absolute Gasteiger partial charge is 0.393 e. The number of aliphatic hydroxyl groups is 3. The van der Waals surface area contributed by atoms with Crippen LogP contribution in [0.4, 0.5) is 0 Å². The summed E-state index contributed by atoms with van der Waals surface area (Å²) in [4.78, 5) is 0. The lowest BCUT2D eigenvalue weighted by Gasteiger charge is -2.63. The van der Waals surface area contributed by atoms with Gasteiger partial charge in [0.1, 0.15) is 12.2 Å². The van der Waals surface area contributed by atoms with E-state index >= 15 is 0 Å². The highest BCUT2D eigenvalue weighted by Gasteiger charge is 2.88. The third kappa shape index (κ3) is 2.30. The number of rotatable bonds is 1. The van der Waals surface area contributed by atoms with Crippen LogP contribution in [0.5, 0.6) is 0 Å². The minimum atomic E-state index is -1.01. The van der Waals surface area contributed by atoms with Crippen LogP contribution in [0.2, 0.25) is 0 Å². The fourth-order valence-electron chi connectivity index (χ4n) is 12.7. The lowest BCUT2D eigenvalue weighted by atomic mass is 9.41. The molecule has 5 nitrogen and oxygen atoms in total. The van der Waals surface area contributed by atoms with Gasteiger partial charge < -0.3 is 24.8 Å². The third-order valence-corrected chi connectivity index (χ3v) is 14.2. The Bertz CT molecular complexity index is 957. The Labute approximate surface area is 211 Å². The van der Waals surface area contributed by atoms with Crippen molar-refractivity contribution in [3.63, 3.8) is 0 Å². The second kappa shape index (κ2) is 6.33. The Balaban J connectivity index is 1.33. The molecule has 2 aliphatic heterocycles. The fraction of sp³-hybridized carbons (Fsp3) is 1.00. The van der Waals surface area contributed by atoms with Gasteiger partial charge in [0.25, 0.3) is 0 Å². The molecule has 0 aromatic heterocycles. The molecule has 3 spiro atoms. The monoisotopic (exact) mass is 488 g/mol. The van der Waals surface area contributed by atoms with Gasteiger partial charge in [0, 0.05) is 11.3 Å². The molecule has 35 heavy (non-hydrogen) atoms. The first-order valence-corrected chi connectivity index (χ1v) is 14.6. The van der Waals surface area contributed by atoms with Crippen LogP contribution in [0.1, 0.15) is 99.8 Å². The first-order valence-electron chi connectivity index (χ1n) is 14.6. The Kier molecular flexibility index (Phi) is 4.32. The molecule has 5 saturated carbocycles. The molecular weight excluding hydrogens is 440 g/mol. The molecule has 0 amide bonds. The van der Waals surface area contributed by atoms with E-state index in [2.05, 4.69) is 34.6 Å². The average molecular weight is 489 g/mol. The molecule has 2 heterocycles. The minimum absolute atomic E-state index is 0.0331. The molecule has 5 aliphatic carbocycles. The normalized spacial score (nSPS) is 63.9. The zero-order valence-corrected chi connectivity index (χ0v) is 22.9. The average Bonchev–Trinajstić information content (AvgIpc) is 3.28. The van der Waals surface area contributed by atoms with Crippen molar-refractivity contribution in [3.8, 4) is 0 Å². The van der Waals surface area contributed by atoms with Gasteiger partial charge in [-0.25, -0.2) is 0 Å². The number of ether oxygens (including phenoxy) is 2. The molecule has 0 aromatic rings. The molecule has 7 rings (SSSR count). The standard InChI is InChI=1S/C30H48O5/c1-16-14-17-22(25(4,5)33)35-30(34-17)21(16)26(6)12-13-29-15-28(29)11-10-20(31)24(2,3)18(28)8-9-19(29)27(26,7)23(30)32/h16-23,31-33H,8-15H2,1-7H3/t16-,17+,18+,19+,20+,21-,22?,23-,26-,27-,28-,29+,30+/m1/s1. The van der Waals surface area contributed by atoms with Crippen LogP contribution in [0.25, 0.3) is 0 Å². The third-order valence-electron chi connectivity index (χ3n) is 14.2. The zero-order valence-electron chi connectivity index (χ0n) is 22.9. The van der Waals surface area contributed by atoms with Gasteiger partial charge >= 0.3 is 0 Å². The maximum Gasteiger partial charge on any atom is 0.199 e. The second-order valence-electron chi connectivity index (χ2n) is 15.9. The first-order chi connectivity index (χ1) is 16.1. The van der Waals surface area contributed by atoms with E-state index in [9.17, 15) is 15.3 Å². The smallest absolute Gasteiger partial charge is 0.199 e. The summed E-state index contributed by atoms with van der Waals surface area (Å²) in [7, 11) is 0. The highest BCUT2D eigenvalue weighted by atomic mass is 16.8. The van der Waals surface area contributed by atoms with E-state index in [4.69, 9.17) is 9.47 Å². The van der Waals surface area contributed by atoms with E-state index in [0.29, 0.717) is 23.2 Å². The summed E-state index contributed by atoms with van der Waals surface area (Å²) in [5, 5.41) is 34.4. The summed E-state index contributed by atoms with van der Waals surface area (Å²) in [6.45, 7) is 15.4. The van der Waals surface area contributed by atoms with E-state index in [1.54, 1.807) is 0 Å². The molecule has 0 radical (unpaired) electrons. The zero-order chi connectivity index (χ0) is 25.2. The van der Waals surface area contributed by atoms with Gasteiger partial charge in [-0.3, -0.25) is 0 Å². The Hall–Kier alpha value is -0.200.